The average Bonchev–Trinajstić information content (AvgIpc) is 2.98. The quantitative estimate of drug-likeness (QED) is 0.531. The Bertz CT molecular complexity index is 778. The summed E-state index contributed by atoms with van der Waals surface area (Å²) in [5, 5.41) is 7.03. The van der Waals surface area contributed by atoms with Gasteiger partial charge in [-0.15, -0.1) is 0 Å². The third-order valence-corrected chi connectivity index (χ3v) is 3.76. The number of anilines is 1. The van der Waals surface area contributed by atoms with Crippen molar-refractivity contribution in [3.63, 3.8) is 0 Å². The lowest BCUT2D eigenvalue weighted by Gasteiger charge is -2.12. The Morgan fingerprint density at radius 1 is 1.31 bits per heavy atom. The molecule has 0 bridgehead atoms. The van der Waals surface area contributed by atoms with Crippen LogP contribution >= 0.6 is 23.2 Å². The van der Waals surface area contributed by atoms with Crippen molar-refractivity contribution in [1.82, 2.24) is 5.16 Å². The number of nitrogens with zero attached hydrogens (tertiary/aromatic N) is 1. The molecule has 1 aromatic heterocycles. The highest BCUT2D eigenvalue weighted by atomic mass is 35.5. The Morgan fingerprint density at radius 2 is 2.08 bits per heavy atom. The lowest BCUT2D eigenvalue weighted by molar-refractivity contribution is -0.153. The van der Waals surface area contributed by atoms with E-state index in [-0.39, 0.29) is 18.9 Å². The largest absolute Gasteiger partial charge is 0.492 e. The molecule has 0 aliphatic carbocycles. The minimum Gasteiger partial charge on any atom is -0.492 e. The first-order chi connectivity index (χ1) is 12.3. The van der Waals surface area contributed by atoms with Gasteiger partial charge in [0.15, 0.2) is 6.10 Å². The van der Waals surface area contributed by atoms with Gasteiger partial charge in [0.2, 0.25) is 5.88 Å². The van der Waals surface area contributed by atoms with E-state index in [4.69, 9.17) is 37.2 Å². The van der Waals surface area contributed by atoms with Gasteiger partial charge in [0.1, 0.15) is 5.75 Å². The van der Waals surface area contributed by atoms with Gasteiger partial charge in [-0.3, -0.25) is 14.9 Å². The average molecular weight is 401 g/mol. The van der Waals surface area contributed by atoms with E-state index in [9.17, 15) is 9.59 Å². The Hall–Kier alpha value is -2.25. The van der Waals surface area contributed by atoms with Crippen molar-refractivity contribution in [2.24, 2.45) is 0 Å². The van der Waals surface area contributed by atoms with E-state index in [1.807, 2.05) is 0 Å². The lowest BCUT2D eigenvalue weighted by atomic mass is 10.3. The maximum absolute atomic E-state index is 11.9. The highest BCUT2D eigenvalue weighted by Gasteiger charge is 2.19. The van der Waals surface area contributed by atoms with Crippen molar-refractivity contribution in [3.05, 3.63) is 40.0 Å². The van der Waals surface area contributed by atoms with Gasteiger partial charge in [-0.1, -0.05) is 28.4 Å². The van der Waals surface area contributed by atoms with Crippen LogP contribution in [0, 0.1) is 6.92 Å². The summed E-state index contributed by atoms with van der Waals surface area (Å²) in [5.74, 6) is -0.325. The van der Waals surface area contributed by atoms with Crippen LogP contribution in [-0.2, 0) is 14.3 Å². The number of aryl methyl sites for hydroxylation is 1. The van der Waals surface area contributed by atoms with Gasteiger partial charge < -0.3 is 14.0 Å². The summed E-state index contributed by atoms with van der Waals surface area (Å²) in [6.45, 7) is 3.47. The van der Waals surface area contributed by atoms with Crippen molar-refractivity contribution >= 4 is 41.0 Å². The molecule has 0 radical (unpaired) electrons. The molecular formula is C17H18Cl2N2O5. The molecule has 0 aliphatic heterocycles. The molecule has 140 valence electrons. The van der Waals surface area contributed by atoms with Crippen LogP contribution in [0.1, 0.15) is 25.5 Å². The first kappa shape index (κ1) is 20.1. The number of nitrogens with one attached hydrogen (secondary N) is 1. The second-order valence-corrected chi connectivity index (χ2v) is 6.32. The summed E-state index contributed by atoms with van der Waals surface area (Å²) in [7, 11) is 0. The zero-order chi connectivity index (χ0) is 19.1. The molecule has 1 aromatic carbocycles. The van der Waals surface area contributed by atoms with Crippen LogP contribution < -0.4 is 10.1 Å². The summed E-state index contributed by atoms with van der Waals surface area (Å²) in [6, 6.07) is 6.45. The normalized spacial score (nSPS) is 11.7. The molecule has 7 nitrogen and oxygen atoms in total. The first-order valence-corrected chi connectivity index (χ1v) is 8.62. The minimum absolute atomic E-state index is 0.101. The fraction of sp³-hybridized carbons (Fsp3) is 0.353. The SMILES string of the molecule is Cc1cc(NC(=O)C(C)OC(=O)CCCOc2ccc(Cl)cc2Cl)on1. The monoisotopic (exact) mass is 400 g/mol. The molecule has 0 aliphatic rings. The second kappa shape index (κ2) is 9.45. The smallest absolute Gasteiger partial charge is 0.306 e. The second-order valence-electron chi connectivity index (χ2n) is 5.48. The summed E-state index contributed by atoms with van der Waals surface area (Å²) in [4.78, 5) is 23.7. The number of carbonyl (C=O) groups excluding carboxylic acids is 2. The summed E-state index contributed by atoms with van der Waals surface area (Å²) < 4.78 is 15.4. The van der Waals surface area contributed by atoms with Gasteiger partial charge in [-0.2, -0.15) is 0 Å². The zero-order valence-electron chi connectivity index (χ0n) is 14.3. The van der Waals surface area contributed by atoms with E-state index in [1.54, 1.807) is 31.2 Å². The van der Waals surface area contributed by atoms with Gasteiger partial charge in [0, 0.05) is 17.5 Å². The molecule has 2 aromatic rings. The van der Waals surface area contributed by atoms with Gasteiger partial charge in [0.05, 0.1) is 17.3 Å². The summed E-state index contributed by atoms with van der Waals surface area (Å²) >= 11 is 11.8. The maximum Gasteiger partial charge on any atom is 0.306 e. The Balaban J connectivity index is 1.68. The zero-order valence-corrected chi connectivity index (χ0v) is 15.8. The highest BCUT2D eigenvalue weighted by molar-refractivity contribution is 6.35. The number of amides is 1. The van der Waals surface area contributed by atoms with E-state index in [1.165, 1.54) is 6.92 Å². The molecule has 0 saturated heterocycles. The van der Waals surface area contributed by atoms with Crippen LogP contribution in [0.5, 0.6) is 5.75 Å². The molecule has 9 heteroatoms. The lowest BCUT2D eigenvalue weighted by Crippen LogP contribution is -2.29. The van der Waals surface area contributed by atoms with Crippen molar-refractivity contribution in [2.45, 2.75) is 32.8 Å². The molecule has 1 atom stereocenters. The van der Waals surface area contributed by atoms with Gasteiger partial charge in [-0.25, -0.2) is 0 Å². The summed E-state index contributed by atoms with van der Waals surface area (Å²) in [6.07, 6.45) is -0.447. The third kappa shape index (κ3) is 6.24. The number of hydrogen-bond acceptors (Lipinski definition) is 6. The van der Waals surface area contributed by atoms with E-state index in [0.29, 0.717) is 27.9 Å². The number of carbonyl (C=O) groups is 2. The number of benzene rings is 1. The first-order valence-electron chi connectivity index (χ1n) is 7.86. The molecule has 2 rings (SSSR count). The van der Waals surface area contributed by atoms with Crippen LogP contribution in [0.3, 0.4) is 0 Å². The molecule has 1 N–H and O–H groups in total. The van der Waals surface area contributed by atoms with Crippen molar-refractivity contribution in [2.75, 3.05) is 11.9 Å². The molecule has 1 unspecified atom stereocenters. The van der Waals surface area contributed by atoms with Crippen LogP contribution in [-0.4, -0.2) is 29.7 Å². The maximum atomic E-state index is 11.9. The molecular weight excluding hydrogens is 383 g/mol. The topological polar surface area (TPSA) is 90.7 Å². The molecule has 0 spiro atoms. The van der Waals surface area contributed by atoms with Crippen LogP contribution in [0.15, 0.2) is 28.8 Å². The Morgan fingerprint density at radius 3 is 2.73 bits per heavy atom. The van der Waals surface area contributed by atoms with Crippen LogP contribution in [0.25, 0.3) is 0 Å². The van der Waals surface area contributed by atoms with E-state index in [0.717, 1.165) is 0 Å². The van der Waals surface area contributed by atoms with Crippen LogP contribution in [0.4, 0.5) is 5.88 Å². The highest BCUT2D eigenvalue weighted by Crippen LogP contribution is 2.27. The van der Waals surface area contributed by atoms with Crippen molar-refractivity contribution in [3.8, 4) is 5.75 Å². The predicted molar refractivity (Wildman–Crippen MR) is 96.6 cm³/mol. The molecule has 1 amide bonds. The molecule has 26 heavy (non-hydrogen) atoms. The van der Waals surface area contributed by atoms with Crippen molar-refractivity contribution in [1.29, 1.82) is 0 Å². The summed E-state index contributed by atoms with van der Waals surface area (Å²) in [5.41, 5.74) is 0.630. The Labute approximate surface area is 160 Å². The fourth-order valence-corrected chi connectivity index (χ4v) is 2.41. The van der Waals surface area contributed by atoms with E-state index in [2.05, 4.69) is 10.5 Å². The van der Waals surface area contributed by atoms with Crippen LogP contribution in [0.2, 0.25) is 10.0 Å². The standard InChI is InChI=1S/C17H18Cl2N2O5/c1-10-8-15(26-21-10)20-17(23)11(2)25-16(22)4-3-7-24-14-6-5-12(18)9-13(14)19/h5-6,8-9,11H,3-4,7H2,1-2H3,(H,20,23). The number of halogens is 2. The van der Waals surface area contributed by atoms with Gasteiger partial charge in [-0.05, 0) is 38.5 Å². The molecule has 1 heterocycles. The number of ether oxygens (including phenoxy) is 2. The van der Waals surface area contributed by atoms with Gasteiger partial charge >= 0.3 is 5.97 Å². The fourth-order valence-electron chi connectivity index (χ4n) is 1.95. The molecule has 0 saturated carbocycles. The molecule has 0 fully saturated rings. The van der Waals surface area contributed by atoms with Crippen molar-refractivity contribution < 1.29 is 23.6 Å². The minimum atomic E-state index is -0.959. The predicted octanol–water partition coefficient (Wildman–Crippen LogP) is 4.02. The number of rotatable bonds is 8. The number of esters is 1. The Kier molecular flexibility index (Phi) is 7.29. The van der Waals surface area contributed by atoms with Gasteiger partial charge in [0.25, 0.3) is 5.91 Å². The van der Waals surface area contributed by atoms with E-state index >= 15 is 0 Å². The third-order valence-electron chi connectivity index (χ3n) is 3.23. The number of aromatic nitrogens is 1. The number of hydrogen-bond donors (Lipinski definition) is 1. The van der Waals surface area contributed by atoms with E-state index < -0.39 is 18.0 Å².